The Morgan fingerprint density at radius 1 is 1.28 bits per heavy atom. The fourth-order valence-corrected chi connectivity index (χ4v) is 4.15. The molecule has 4 rings (SSSR count). The Morgan fingerprint density at radius 3 is 2.76 bits per heavy atom. The van der Waals surface area contributed by atoms with E-state index in [1.165, 1.54) is 42.4 Å². The van der Waals surface area contributed by atoms with Gasteiger partial charge >= 0.3 is 0 Å². The summed E-state index contributed by atoms with van der Waals surface area (Å²) in [7, 11) is 1.98. The molecule has 0 bridgehead atoms. The zero-order valence-electron chi connectivity index (χ0n) is 17.2. The lowest BCUT2D eigenvalue weighted by Crippen LogP contribution is -2.42. The van der Waals surface area contributed by atoms with E-state index < -0.39 is 0 Å². The molecule has 2 aromatic rings. The number of benzene rings is 2. The number of halogens is 1. The van der Waals surface area contributed by atoms with E-state index in [1.54, 1.807) is 12.1 Å². The monoisotopic (exact) mass is 399 g/mol. The standard InChI is InChI=1S/C21H26FN3O.C2H4O/c1-23-20-5-2-4-17-18-14-25(12-10-19(18)24-21(17)20)11-3-13-26-16-8-6-15(22)7-9-16;1-2-3/h2,4-9,18-19,23-24H,3,10-14H2,1H3;2H,1H3. The van der Waals surface area contributed by atoms with Crippen molar-refractivity contribution < 1.29 is 13.9 Å². The summed E-state index contributed by atoms with van der Waals surface area (Å²) in [5.74, 6) is 1.07. The van der Waals surface area contributed by atoms with Gasteiger partial charge in [0, 0.05) is 38.6 Å². The second kappa shape index (κ2) is 10.3. The molecular formula is C23H30FN3O2. The molecule has 2 aliphatic rings. The van der Waals surface area contributed by atoms with Crippen molar-refractivity contribution in [1.29, 1.82) is 0 Å². The van der Waals surface area contributed by atoms with Crippen molar-refractivity contribution in [2.75, 3.05) is 43.9 Å². The number of rotatable bonds is 6. The number of carbonyl (C=O) groups is 1. The first-order valence-corrected chi connectivity index (χ1v) is 10.2. The third-order valence-electron chi connectivity index (χ3n) is 5.49. The number of para-hydroxylation sites is 1. The van der Waals surface area contributed by atoms with E-state index in [9.17, 15) is 4.39 Å². The highest BCUT2D eigenvalue weighted by atomic mass is 19.1. The van der Waals surface area contributed by atoms with Gasteiger partial charge in [-0.25, -0.2) is 4.39 Å². The molecule has 6 heteroatoms. The average Bonchev–Trinajstić information content (AvgIpc) is 3.11. The van der Waals surface area contributed by atoms with Crippen LogP contribution in [0.1, 0.15) is 31.2 Å². The van der Waals surface area contributed by atoms with E-state index in [1.807, 2.05) is 7.05 Å². The molecule has 0 saturated carbocycles. The van der Waals surface area contributed by atoms with Crippen LogP contribution in [-0.2, 0) is 4.79 Å². The molecule has 2 N–H and O–H groups in total. The molecule has 2 aliphatic heterocycles. The molecule has 1 saturated heterocycles. The number of anilines is 2. The van der Waals surface area contributed by atoms with Crippen LogP contribution in [0.25, 0.3) is 0 Å². The van der Waals surface area contributed by atoms with Crippen LogP contribution in [0.5, 0.6) is 5.75 Å². The third kappa shape index (κ3) is 5.26. The summed E-state index contributed by atoms with van der Waals surface area (Å²) >= 11 is 0. The number of hydrogen-bond donors (Lipinski definition) is 2. The van der Waals surface area contributed by atoms with Crippen molar-refractivity contribution >= 4 is 17.7 Å². The van der Waals surface area contributed by atoms with Crippen LogP contribution in [0.2, 0.25) is 0 Å². The van der Waals surface area contributed by atoms with Crippen molar-refractivity contribution in [2.45, 2.75) is 31.7 Å². The molecule has 156 valence electrons. The SMILES string of the molecule is CC=O.CNc1cccc2c1NC1CCN(CCCOc3ccc(F)cc3)CC21. The van der Waals surface area contributed by atoms with Gasteiger partial charge in [-0.3, -0.25) is 0 Å². The van der Waals surface area contributed by atoms with Crippen molar-refractivity contribution in [2.24, 2.45) is 0 Å². The predicted molar refractivity (Wildman–Crippen MR) is 115 cm³/mol. The lowest BCUT2D eigenvalue weighted by molar-refractivity contribution is -0.106. The number of carbonyl (C=O) groups excluding carboxylic acids is 1. The highest BCUT2D eigenvalue weighted by Crippen LogP contribution is 2.43. The molecule has 2 aromatic carbocycles. The maximum absolute atomic E-state index is 12.9. The number of ether oxygens (including phenoxy) is 1. The van der Waals surface area contributed by atoms with E-state index >= 15 is 0 Å². The highest BCUT2D eigenvalue weighted by Gasteiger charge is 2.37. The molecule has 0 radical (unpaired) electrons. The number of aldehydes is 1. The number of hydrogen-bond acceptors (Lipinski definition) is 5. The van der Waals surface area contributed by atoms with Crippen molar-refractivity contribution in [1.82, 2.24) is 4.90 Å². The minimum absolute atomic E-state index is 0.230. The minimum atomic E-state index is -0.230. The van der Waals surface area contributed by atoms with Crippen LogP contribution in [0.3, 0.4) is 0 Å². The second-order valence-corrected chi connectivity index (χ2v) is 7.36. The van der Waals surface area contributed by atoms with Crippen LogP contribution >= 0.6 is 0 Å². The van der Waals surface area contributed by atoms with Gasteiger partial charge in [-0.2, -0.15) is 0 Å². The Hall–Kier alpha value is -2.60. The Kier molecular flexibility index (Phi) is 7.47. The van der Waals surface area contributed by atoms with Gasteiger partial charge in [0.2, 0.25) is 0 Å². The average molecular weight is 400 g/mol. The van der Waals surface area contributed by atoms with Gasteiger partial charge in [0.05, 0.1) is 18.0 Å². The van der Waals surface area contributed by atoms with E-state index in [-0.39, 0.29) is 5.82 Å². The van der Waals surface area contributed by atoms with Gasteiger partial charge in [0.1, 0.15) is 17.9 Å². The lowest BCUT2D eigenvalue weighted by Gasteiger charge is -2.35. The number of nitrogens with one attached hydrogen (secondary N) is 2. The highest BCUT2D eigenvalue weighted by molar-refractivity contribution is 5.76. The number of nitrogens with zero attached hydrogens (tertiary/aromatic N) is 1. The largest absolute Gasteiger partial charge is 0.494 e. The van der Waals surface area contributed by atoms with E-state index in [4.69, 9.17) is 9.53 Å². The predicted octanol–water partition coefficient (Wildman–Crippen LogP) is 4.13. The zero-order valence-corrected chi connectivity index (χ0v) is 17.2. The summed E-state index contributed by atoms with van der Waals surface area (Å²) in [4.78, 5) is 11.3. The molecule has 0 aromatic heterocycles. The molecule has 0 spiro atoms. The van der Waals surface area contributed by atoms with Crippen LogP contribution in [0, 0.1) is 5.82 Å². The second-order valence-electron chi connectivity index (χ2n) is 7.36. The Bertz CT molecular complexity index is 797. The normalized spacial score (nSPS) is 19.8. The summed E-state index contributed by atoms with van der Waals surface area (Å²) in [5.41, 5.74) is 3.91. The first-order valence-electron chi connectivity index (χ1n) is 10.2. The van der Waals surface area contributed by atoms with Crippen LogP contribution in [0.4, 0.5) is 15.8 Å². The molecule has 2 atom stereocenters. The molecule has 1 fully saturated rings. The van der Waals surface area contributed by atoms with Crippen molar-refractivity contribution in [3.8, 4) is 5.75 Å². The first kappa shape index (κ1) is 21.1. The summed E-state index contributed by atoms with van der Waals surface area (Å²) in [6.45, 7) is 5.35. The van der Waals surface area contributed by atoms with Gasteiger partial charge < -0.3 is 25.1 Å². The number of fused-ring (bicyclic) bond motifs is 3. The van der Waals surface area contributed by atoms with Crippen molar-refractivity contribution in [3.63, 3.8) is 0 Å². The Labute approximate surface area is 172 Å². The summed E-state index contributed by atoms with van der Waals surface area (Å²) in [6.07, 6.45) is 2.90. The lowest BCUT2D eigenvalue weighted by atomic mass is 9.89. The molecule has 2 heterocycles. The maximum atomic E-state index is 12.9. The number of piperidine rings is 1. The van der Waals surface area contributed by atoms with Gasteiger partial charge in [-0.15, -0.1) is 0 Å². The quantitative estimate of drug-likeness (QED) is 0.565. The summed E-state index contributed by atoms with van der Waals surface area (Å²) in [6, 6.07) is 13.3. The van der Waals surface area contributed by atoms with E-state index in [0.717, 1.165) is 38.1 Å². The Balaban J connectivity index is 0.000000755. The number of likely N-dealkylation sites (tertiary alicyclic amines) is 1. The van der Waals surface area contributed by atoms with Gasteiger partial charge in [-0.05, 0) is 55.7 Å². The topological polar surface area (TPSA) is 53.6 Å². The molecule has 29 heavy (non-hydrogen) atoms. The first-order chi connectivity index (χ1) is 14.2. The van der Waals surface area contributed by atoms with Crippen LogP contribution in [-0.4, -0.2) is 50.5 Å². The molecule has 2 unspecified atom stereocenters. The molecule has 0 amide bonds. The van der Waals surface area contributed by atoms with Gasteiger partial charge in [-0.1, -0.05) is 12.1 Å². The maximum Gasteiger partial charge on any atom is 0.123 e. The molecular weight excluding hydrogens is 369 g/mol. The fraction of sp³-hybridized carbons (Fsp3) is 0.435. The van der Waals surface area contributed by atoms with E-state index in [0.29, 0.717) is 18.6 Å². The molecule has 5 nitrogen and oxygen atoms in total. The zero-order chi connectivity index (χ0) is 20.6. The fourth-order valence-electron chi connectivity index (χ4n) is 4.15. The molecule has 0 aliphatic carbocycles. The van der Waals surface area contributed by atoms with Crippen LogP contribution < -0.4 is 15.4 Å². The summed E-state index contributed by atoms with van der Waals surface area (Å²) in [5, 5.41) is 7.02. The van der Waals surface area contributed by atoms with Gasteiger partial charge in [0.15, 0.2) is 0 Å². The van der Waals surface area contributed by atoms with Gasteiger partial charge in [0.25, 0.3) is 0 Å². The summed E-state index contributed by atoms with van der Waals surface area (Å²) < 4.78 is 18.6. The van der Waals surface area contributed by atoms with Crippen molar-refractivity contribution in [3.05, 3.63) is 53.8 Å². The minimum Gasteiger partial charge on any atom is -0.494 e. The smallest absolute Gasteiger partial charge is 0.123 e. The Morgan fingerprint density at radius 2 is 2.03 bits per heavy atom. The van der Waals surface area contributed by atoms with E-state index in [2.05, 4.69) is 33.7 Å². The third-order valence-corrected chi connectivity index (χ3v) is 5.49. The van der Waals surface area contributed by atoms with Crippen LogP contribution in [0.15, 0.2) is 42.5 Å².